The van der Waals surface area contributed by atoms with Gasteiger partial charge in [0.1, 0.15) is 0 Å². The molecule has 0 aliphatic carbocycles. The molecule has 1 unspecified atom stereocenters. The molecular weight excluding hydrogens is 236 g/mol. The summed E-state index contributed by atoms with van der Waals surface area (Å²) < 4.78 is 0. The smallest absolute Gasteiger partial charge is 0.237 e. The second kappa shape index (κ2) is 6.71. The predicted molar refractivity (Wildman–Crippen MR) is 79.7 cm³/mol. The van der Waals surface area contributed by atoms with Gasteiger partial charge in [0, 0.05) is 0 Å². The van der Waals surface area contributed by atoms with Gasteiger partial charge in [0.2, 0.25) is 5.91 Å². The lowest BCUT2D eigenvalue weighted by Crippen LogP contribution is -2.49. The third-order valence-corrected chi connectivity index (χ3v) is 3.31. The first kappa shape index (κ1) is 15.7. The van der Waals surface area contributed by atoms with Crippen LogP contribution in [0.2, 0.25) is 0 Å². The van der Waals surface area contributed by atoms with Gasteiger partial charge in [-0.2, -0.15) is 0 Å². The lowest BCUT2D eigenvalue weighted by molar-refractivity contribution is -0.125. The van der Waals surface area contributed by atoms with Crippen LogP contribution in [0.15, 0.2) is 30.3 Å². The van der Waals surface area contributed by atoms with E-state index in [1.165, 1.54) is 0 Å². The molecule has 0 bridgehead atoms. The topological polar surface area (TPSA) is 55.1 Å². The van der Waals surface area contributed by atoms with Crippen molar-refractivity contribution in [3.05, 3.63) is 35.9 Å². The first-order valence-electron chi connectivity index (χ1n) is 6.97. The Morgan fingerprint density at radius 2 is 1.84 bits per heavy atom. The third kappa shape index (κ3) is 4.67. The lowest BCUT2D eigenvalue weighted by Gasteiger charge is -2.28. The number of nitrogens with one attached hydrogen (secondary N) is 1. The van der Waals surface area contributed by atoms with Crippen molar-refractivity contribution >= 4 is 5.91 Å². The monoisotopic (exact) mass is 262 g/mol. The maximum Gasteiger partial charge on any atom is 0.237 e. The lowest BCUT2D eigenvalue weighted by atomic mass is 9.86. The highest BCUT2D eigenvalue weighted by Gasteiger charge is 2.28. The second-order valence-corrected chi connectivity index (χ2v) is 6.10. The van der Waals surface area contributed by atoms with Crippen molar-refractivity contribution in [3.63, 3.8) is 0 Å². The first-order valence-corrected chi connectivity index (χ1v) is 6.97. The van der Waals surface area contributed by atoms with Crippen LogP contribution in [0.1, 0.15) is 52.1 Å². The molecule has 3 heteroatoms. The number of rotatable bonds is 5. The summed E-state index contributed by atoms with van der Waals surface area (Å²) in [7, 11) is 0. The van der Waals surface area contributed by atoms with Gasteiger partial charge >= 0.3 is 0 Å². The molecule has 0 saturated carbocycles. The minimum absolute atomic E-state index is 0.0482. The summed E-state index contributed by atoms with van der Waals surface area (Å²) in [6.45, 7) is 8.06. The second-order valence-electron chi connectivity index (χ2n) is 6.10. The number of nitrogens with two attached hydrogens (primary N) is 1. The summed E-state index contributed by atoms with van der Waals surface area (Å²) in [6.07, 6.45) is 1.94. The number of benzene rings is 1. The Morgan fingerprint density at radius 1 is 1.26 bits per heavy atom. The summed E-state index contributed by atoms with van der Waals surface area (Å²) in [5, 5.41) is 3.08. The van der Waals surface area contributed by atoms with Gasteiger partial charge in [-0.25, -0.2) is 0 Å². The summed E-state index contributed by atoms with van der Waals surface area (Å²) >= 11 is 0. The van der Waals surface area contributed by atoms with E-state index in [-0.39, 0.29) is 17.4 Å². The van der Waals surface area contributed by atoms with Crippen molar-refractivity contribution in [1.29, 1.82) is 0 Å². The maximum absolute atomic E-state index is 12.2. The van der Waals surface area contributed by atoms with Crippen LogP contribution < -0.4 is 11.1 Å². The van der Waals surface area contributed by atoms with Crippen LogP contribution in [0.4, 0.5) is 0 Å². The molecule has 1 aromatic rings. The van der Waals surface area contributed by atoms with Crippen molar-refractivity contribution in [2.45, 2.75) is 52.6 Å². The van der Waals surface area contributed by atoms with Crippen LogP contribution in [0.25, 0.3) is 0 Å². The zero-order valence-electron chi connectivity index (χ0n) is 12.4. The zero-order chi connectivity index (χ0) is 14.5. The highest BCUT2D eigenvalue weighted by Crippen LogP contribution is 2.21. The van der Waals surface area contributed by atoms with E-state index in [1.807, 2.05) is 51.1 Å². The van der Waals surface area contributed by atoms with Crippen molar-refractivity contribution in [2.75, 3.05) is 0 Å². The van der Waals surface area contributed by atoms with E-state index in [0.717, 1.165) is 18.4 Å². The number of amides is 1. The Morgan fingerprint density at radius 3 is 2.32 bits per heavy atom. The Bertz CT molecular complexity index is 395. The van der Waals surface area contributed by atoms with Gasteiger partial charge in [0.25, 0.3) is 0 Å². The van der Waals surface area contributed by atoms with Crippen LogP contribution in [0, 0.1) is 5.41 Å². The van der Waals surface area contributed by atoms with Crippen molar-refractivity contribution in [2.24, 2.45) is 11.1 Å². The molecule has 0 spiro atoms. The normalized spacial score (nSPS) is 14.8. The van der Waals surface area contributed by atoms with E-state index in [2.05, 4.69) is 12.2 Å². The molecule has 0 fully saturated rings. The van der Waals surface area contributed by atoms with Gasteiger partial charge < -0.3 is 11.1 Å². The molecule has 3 N–H and O–H groups in total. The molecule has 1 rings (SSSR count). The van der Waals surface area contributed by atoms with Crippen molar-refractivity contribution < 1.29 is 4.79 Å². The summed E-state index contributed by atoms with van der Waals surface area (Å²) in [6, 6.07) is 9.62. The molecule has 0 saturated heterocycles. The molecule has 1 amide bonds. The van der Waals surface area contributed by atoms with Crippen LogP contribution >= 0.6 is 0 Å². The van der Waals surface area contributed by atoms with Gasteiger partial charge in [-0.1, -0.05) is 64.4 Å². The Labute approximate surface area is 116 Å². The van der Waals surface area contributed by atoms with Crippen LogP contribution in [0.5, 0.6) is 0 Å². The highest BCUT2D eigenvalue weighted by atomic mass is 16.2. The van der Waals surface area contributed by atoms with E-state index < -0.39 is 6.04 Å². The van der Waals surface area contributed by atoms with Crippen molar-refractivity contribution in [1.82, 2.24) is 5.32 Å². The molecule has 106 valence electrons. The Hall–Kier alpha value is -1.35. The molecule has 2 atom stereocenters. The van der Waals surface area contributed by atoms with Crippen LogP contribution in [0.3, 0.4) is 0 Å². The fourth-order valence-electron chi connectivity index (χ4n) is 1.95. The Balaban J connectivity index is 2.77. The zero-order valence-corrected chi connectivity index (χ0v) is 12.4. The van der Waals surface area contributed by atoms with Crippen LogP contribution in [-0.4, -0.2) is 11.9 Å². The Kier molecular flexibility index (Phi) is 5.55. The molecule has 3 nitrogen and oxygen atoms in total. The average Bonchev–Trinajstić information content (AvgIpc) is 2.37. The fourth-order valence-corrected chi connectivity index (χ4v) is 1.95. The molecule has 0 aromatic heterocycles. The summed E-state index contributed by atoms with van der Waals surface area (Å²) in [4.78, 5) is 12.2. The molecule has 19 heavy (non-hydrogen) atoms. The summed E-state index contributed by atoms with van der Waals surface area (Å²) in [5.41, 5.74) is 6.92. The third-order valence-electron chi connectivity index (χ3n) is 3.31. The summed E-state index contributed by atoms with van der Waals surface area (Å²) in [5.74, 6) is -0.0743. The van der Waals surface area contributed by atoms with Gasteiger partial charge in [-0.05, 0) is 17.4 Å². The number of carbonyl (C=O) groups is 1. The number of carbonyl (C=O) groups excluding carboxylic acids is 1. The molecule has 0 aliphatic rings. The average molecular weight is 262 g/mol. The van der Waals surface area contributed by atoms with Gasteiger partial charge in [-0.3, -0.25) is 4.79 Å². The molecule has 0 aliphatic heterocycles. The minimum Gasteiger partial charge on any atom is -0.348 e. The molecular formula is C16H26N2O. The largest absolute Gasteiger partial charge is 0.348 e. The van der Waals surface area contributed by atoms with Gasteiger partial charge in [-0.15, -0.1) is 0 Å². The van der Waals surface area contributed by atoms with E-state index in [4.69, 9.17) is 5.73 Å². The first-order chi connectivity index (χ1) is 8.86. The number of hydrogen-bond acceptors (Lipinski definition) is 2. The standard InChI is InChI=1S/C16H26N2O/c1-5-9-13(12-10-7-6-8-11-12)18-15(19)14(17)16(2,3)4/h6-8,10-11,13-14H,5,9,17H2,1-4H3,(H,18,19)/t13?,14-/m0/s1. The van der Waals surface area contributed by atoms with E-state index in [1.54, 1.807) is 0 Å². The van der Waals surface area contributed by atoms with Crippen LogP contribution in [-0.2, 0) is 4.79 Å². The molecule has 0 heterocycles. The van der Waals surface area contributed by atoms with Gasteiger partial charge in [0.05, 0.1) is 12.1 Å². The SMILES string of the molecule is CCCC(NC(=O)[C@H](N)C(C)(C)C)c1ccccc1. The van der Waals surface area contributed by atoms with E-state index >= 15 is 0 Å². The van der Waals surface area contributed by atoms with E-state index in [0.29, 0.717) is 0 Å². The van der Waals surface area contributed by atoms with E-state index in [9.17, 15) is 4.79 Å². The highest BCUT2D eigenvalue weighted by molar-refractivity contribution is 5.82. The number of hydrogen-bond donors (Lipinski definition) is 2. The quantitative estimate of drug-likeness (QED) is 0.857. The molecule has 0 radical (unpaired) electrons. The van der Waals surface area contributed by atoms with Gasteiger partial charge in [0.15, 0.2) is 0 Å². The minimum atomic E-state index is -0.490. The maximum atomic E-state index is 12.2. The fraction of sp³-hybridized carbons (Fsp3) is 0.562. The molecule has 1 aromatic carbocycles. The predicted octanol–water partition coefficient (Wildman–Crippen LogP) is 3.02. The van der Waals surface area contributed by atoms with Crippen molar-refractivity contribution in [3.8, 4) is 0 Å².